The van der Waals surface area contributed by atoms with Crippen molar-refractivity contribution in [2.45, 2.75) is 30.6 Å². The summed E-state index contributed by atoms with van der Waals surface area (Å²) in [6.07, 6.45) is 3.09. The number of primary sulfonamides is 1. The molecule has 138 valence electrons. The molecular weight excluding hydrogens is 350 g/mol. The molecule has 0 saturated heterocycles. The Balaban J connectivity index is 2.02. The van der Waals surface area contributed by atoms with Crippen LogP contribution >= 0.6 is 0 Å². The quantitative estimate of drug-likeness (QED) is 0.439. The summed E-state index contributed by atoms with van der Waals surface area (Å²) < 4.78 is 27.4. The second-order valence-corrected chi connectivity index (χ2v) is 7.66. The first kappa shape index (κ1) is 19.1. The van der Waals surface area contributed by atoms with Crippen LogP contribution in [-0.2, 0) is 19.6 Å². The first-order valence-corrected chi connectivity index (χ1v) is 9.40. The van der Waals surface area contributed by atoms with E-state index >= 15 is 0 Å². The predicted molar refractivity (Wildman–Crippen MR) is 90.4 cm³/mol. The molecule has 0 amide bonds. The number of nitro groups is 1. The molecule has 0 heterocycles. The molecule has 0 aliphatic heterocycles. The molecule has 1 aromatic carbocycles. The van der Waals surface area contributed by atoms with E-state index in [-0.39, 0.29) is 34.1 Å². The Morgan fingerprint density at radius 1 is 1.36 bits per heavy atom. The van der Waals surface area contributed by atoms with E-state index in [9.17, 15) is 23.3 Å². The maximum atomic E-state index is 11.5. The van der Waals surface area contributed by atoms with Crippen molar-refractivity contribution in [3.8, 4) is 0 Å². The minimum absolute atomic E-state index is 0.0790. The largest absolute Gasteiger partial charge is 0.469 e. The number of benzene rings is 1. The average Bonchev–Trinajstić information content (AvgIpc) is 2.58. The Morgan fingerprint density at radius 2 is 2.00 bits per heavy atom. The van der Waals surface area contributed by atoms with Gasteiger partial charge in [0, 0.05) is 12.6 Å². The van der Waals surface area contributed by atoms with Crippen LogP contribution in [-0.4, -0.2) is 33.0 Å². The third-order valence-corrected chi connectivity index (χ3v) is 5.37. The fourth-order valence-corrected chi connectivity index (χ4v) is 3.55. The van der Waals surface area contributed by atoms with Gasteiger partial charge in [0.1, 0.15) is 5.69 Å². The number of sulfonamides is 1. The zero-order valence-corrected chi connectivity index (χ0v) is 14.6. The molecule has 0 unspecified atom stereocenters. The normalized spacial score (nSPS) is 20.7. The summed E-state index contributed by atoms with van der Waals surface area (Å²) in [5, 5.41) is 19.2. The van der Waals surface area contributed by atoms with Crippen molar-refractivity contribution in [2.24, 2.45) is 17.0 Å². The molecule has 3 N–H and O–H groups in total. The fourth-order valence-electron chi connectivity index (χ4n) is 3.01. The number of nitro benzene ring substituents is 1. The Bertz CT molecular complexity index is 757. The monoisotopic (exact) mass is 371 g/mol. The lowest BCUT2D eigenvalue weighted by Crippen LogP contribution is -2.26. The minimum atomic E-state index is -4.00. The molecule has 0 radical (unpaired) electrons. The standard InChI is InChI=1S/C15H21N3O6S/c1-24-15(19)11-4-2-10(3-5-11)9-17-13-7-6-12(25(16,22)23)8-14(13)18(20)21/h6-8,10-11,17H,2-5,9H2,1H3,(H2,16,22,23)/t10-,11-. The minimum Gasteiger partial charge on any atom is -0.469 e. The number of nitrogens with one attached hydrogen (secondary N) is 1. The summed E-state index contributed by atoms with van der Waals surface area (Å²) in [7, 11) is -2.63. The highest BCUT2D eigenvalue weighted by atomic mass is 32.2. The number of hydrogen-bond acceptors (Lipinski definition) is 7. The maximum Gasteiger partial charge on any atom is 0.308 e. The molecular formula is C15H21N3O6S. The van der Waals surface area contributed by atoms with Crippen molar-refractivity contribution < 1.29 is 22.9 Å². The molecule has 1 fully saturated rings. The second kappa shape index (κ2) is 7.79. The molecule has 0 atom stereocenters. The molecule has 10 heteroatoms. The van der Waals surface area contributed by atoms with E-state index < -0.39 is 14.9 Å². The number of rotatable bonds is 6. The highest BCUT2D eigenvalue weighted by Crippen LogP contribution is 2.31. The van der Waals surface area contributed by atoms with Gasteiger partial charge in [0.25, 0.3) is 5.69 Å². The smallest absolute Gasteiger partial charge is 0.308 e. The van der Waals surface area contributed by atoms with Gasteiger partial charge in [-0.2, -0.15) is 0 Å². The third-order valence-electron chi connectivity index (χ3n) is 4.46. The van der Waals surface area contributed by atoms with Gasteiger partial charge in [0.15, 0.2) is 0 Å². The van der Waals surface area contributed by atoms with Crippen molar-refractivity contribution in [2.75, 3.05) is 19.0 Å². The molecule has 1 saturated carbocycles. The summed E-state index contributed by atoms with van der Waals surface area (Å²) in [5.41, 5.74) is -0.0951. The van der Waals surface area contributed by atoms with Crippen LogP contribution in [0.2, 0.25) is 0 Å². The molecule has 0 aromatic heterocycles. The van der Waals surface area contributed by atoms with E-state index in [0.717, 1.165) is 31.7 Å². The summed E-state index contributed by atoms with van der Waals surface area (Å²) in [6.45, 7) is 0.503. The summed E-state index contributed by atoms with van der Waals surface area (Å²) in [4.78, 5) is 21.7. The zero-order valence-electron chi connectivity index (χ0n) is 13.8. The van der Waals surface area contributed by atoms with Crippen LogP contribution in [0, 0.1) is 22.0 Å². The van der Waals surface area contributed by atoms with Crippen molar-refractivity contribution >= 4 is 27.4 Å². The van der Waals surface area contributed by atoms with Crippen LogP contribution in [0.4, 0.5) is 11.4 Å². The third kappa shape index (κ3) is 4.89. The van der Waals surface area contributed by atoms with E-state index in [1.165, 1.54) is 19.2 Å². The van der Waals surface area contributed by atoms with Crippen molar-refractivity contribution in [1.82, 2.24) is 0 Å². The molecule has 25 heavy (non-hydrogen) atoms. The Hall–Kier alpha value is -2.20. The lowest BCUT2D eigenvalue weighted by atomic mass is 9.82. The maximum absolute atomic E-state index is 11.5. The molecule has 0 bridgehead atoms. The van der Waals surface area contributed by atoms with Gasteiger partial charge in [0.2, 0.25) is 10.0 Å². The Kier molecular flexibility index (Phi) is 5.96. The predicted octanol–water partition coefficient (Wildman–Crippen LogP) is 1.63. The van der Waals surface area contributed by atoms with E-state index in [4.69, 9.17) is 9.88 Å². The van der Waals surface area contributed by atoms with Crippen molar-refractivity contribution in [3.63, 3.8) is 0 Å². The SMILES string of the molecule is COC(=O)[C@H]1CC[C@H](CNc2ccc(S(N)(=O)=O)cc2[N+](=O)[O-])CC1. The van der Waals surface area contributed by atoms with Gasteiger partial charge in [0.05, 0.1) is 22.8 Å². The summed E-state index contributed by atoms with van der Waals surface area (Å²) in [6, 6.07) is 3.53. The summed E-state index contributed by atoms with van der Waals surface area (Å²) >= 11 is 0. The molecule has 2 rings (SSSR count). The number of anilines is 1. The van der Waals surface area contributed by atoms with Crippen molar-refractivity contribution in [3.05, 3.63) is 28.3 Å². The number of hydrogen-bond donors (Lipinski definition) is 2. The topological polar surface area (TPSA) is 142 Å². The summed E-state index contributed by atoms with van der Waals surface area (Å²) in [5.74, 6) is 0.00341. The molecule has 1 aliphatic carbocycles. The number of carbonyl (C=O) groups excluding carboxylic acids is 1. The van der Waals surface area contributed by atoms with E-state index in [2.05, 4.69) is 5.32 Å². The van der Waals surface area contributed by atoms with Crippen LogP contribution < -0.4 is 10.5 Å². The number of nitrogens with zero attached hydrogens (tertiary/aromatic N) is 1. The first-order valence-electron chi connectivity index (χ1n) is 7.85. The van der Waals surface area contributed by atoms with Gasteiger partial charge in [-0.1, -0.05) is 0 Å². The number of esters is 1. The number of carbonyl (C=O) groups is 1. The fraction of sp³-hybridized carbons (Fsp3) is 0.533. The zero-order chi connectivity index (χ0) is 18.6. The van der Waals surface area contributed by atoms with Crippen LogP contribution in [0.25, 0.3) is 0 Å². The first-order chi connectivity index (χ1) is 11.7. The van der Waals surface area contributed by atoms with E-state index in [1.807, 2.05) is 0 Å². The van der Waals surface area contributed by atoms with Crippen LogP contribution in [0.1, 0.15) is 25.7 Å². The highest BCUT2D eigenvalue weighted by molar-refractivity contribution is 7.89. The van der Waals surface area contributed by atoms with Gasteiger partial charge in [-0.05, 0) is 43.7 Å². The lowest BCUT2D eigenvalue weighted by molar-refractivity contribution is -0.384. The Morgan fingerprint density at radius 3 is 2.52 bits per heavy atom. The molecule has 1 aliphatic rings. The van der Waals surface area contributed by atoms with Gasteiger partial charge in [-0.3, -0.25) is 14.9 Å². The lowest BCUT2D eigenvalue weighted by Gasteiger charge is -2.27. The van der Waals surface area contributed by atoms with Crippen LogP contribution in [0.5, 0.6) is 0 Å². The van der Waals surface area contributed by atoms with Gasteiger partial charge >= 0.3 is 5.97 Å². The Labute approximate surface area is 145 Å². The highest BCUT2D eigenvalue weighted by Gasteiger charge is 2.27. The van der Waals surface area contributed by atoms with E-state index in [1.54, 1.807) is 0 Å². The second-order valence-electron chi connectivity index (χ2n) is 6.10. The number of ether oxygens (including phenoxy) is 1. The van der Waals surface area contributed by atoms with Gasteiger partial charge in [-0.25, -0.2) is 13.6 Å². The number of nitrogens with two attached hydrogens (primary N) is 1. The van der Waals surface area contributed by atoms with Crippen LogP contribution in [0.3, 0.4) is 0 Å². The number of methoxy groups -OCH3 is 1. The van der Waals surface area contributed by atoms with Gasteiger partial charge in [-0.15, -0.1) is 0 Å². The van der Waals surface area contributed by atoms with Crippen molar-refractivity contribution in [1.29, 1.82) is 0 Å². The van der Waals surface area contributed by atoms with Crippen LogP contribution in [0.15, 0.2) is 23.1 Å². The van der Waals surface area contributed by atoms with E-state index in [0.29, 0.717) is 6.54 Å². The van der Waals surface area contributed by atoms with Gasteiger partial charge < -0.3 is 10.1 Å². The molecule has 9 nitrogen and oxygen atoms in total. The molecule has 1 aromatic rings. The molecule has 0 spiro atoms. The average molecular weight is 371 g/mol.